The van der Waals surface area contributed by atoms with Crippen LogP contribution in [0.2, 0.25) is 0 Å². The van der Waals surface area contributed by atoms with Crippen LogP contribution in [0.1, 0.15) is 11.3 Å². The summed E-state index contributed by atoms with van der Waals surface area (Å²) >= 11 is 0. The highest BCUT2D eigenvalue weighted by Crippen LogP contribution is 2.05. The van der Waals surface area contributed by atoms with Gasteiger partial charge in [-0.1, -0.05) is 0 Å². The Morgan fingerprint density at radius 3 is 3.09 bits per heavy atom. The highest BCUT2D eigenvalue weighted by molar-refractivity contribution is 5.41. The molecule has 0 fully saturated rings. The van der Waals surface area contributed by atoms with E-state index in [0.29, 0.717) is 0 Å². The van der Waals surface area contributed by atoms with Crippen molar-refractivity contribution in [1.82, 2.24) is 9.38 Å². The average molecular weight is 145 g/mol. The molecule has 55 valence electrons. The Morgan fingerprint density at radius 2 is 2.27 bits per heavy atom. The van der Waals surface area contributed by atoms with Gasteiger partial charge < -0.3 is 0 Å². The minimum atomic E-state index is 0.940. The van der Waals surface area contributed by atoms with Crippen LogP contribution in [-0.4, -0.2) is 9.38 Å². The van der Waals surface area contributed by atoms with Gasteiger partial charge in [0.25, 0.3) is 0 Å². The molecule has 0 N–H and O–H groups in total. The van der Waals surface area contributed by atoms with Gasteiger partial charge in [0.15, 0.2) is 0 Å². The molecule has 0 aliphatic carbocycles. The minimum Gasteiger partial charge on any atom is -0.298 e. The highest BCUT2D eigenvalue weighted by atomic mass is 15.0. The van der Waals surface area contributed by atoms with Crippen LogP contribution in [0.4, 0.5) is 0 Å². The normalized spacial score (nSPS) is 10.7. The fourth-order valence-electron chi connectivity index (χ4n) is 1.14. The number of pyridine rings is 1. The molecule has 1 radical (unpaired) electrons. The lowest BCUT2D eigenvalue weighted by Crippen LogP contribution is -1.82. The van der Waals surface area contributed by atoms with Crippen molar-refractivity contribution in [2.45, 2.75) is 13.8 Å². The van der Waals surface area contributed by atoms with E-state index in [4.69, 9.17) is 0 Å². The maximum Gasteiger partial charge on any atom is 0.137 e. The van der Waals surface area contributed by atoms with E-state index in [1.165, 1.54) is 5.56 Å². The van der Waals surface area contributed by atoms with Crippen LogP contribution in [0, 0.1) is 20.0 Å². The van der Waals surface area contributed by atoms with Crippen LogP contribution in [0.25, 0.3) is 5.65 Å². The maximum atomic E-state index is 4.28. The molecule has 0 spiro atoms. The molecule has 11 heavy (non-hydrogen) atoms. The van der Waals surface area contributed by atoms with Crippen LogP contribution in [0.15, 0.2) is 18.3 Å². The van der Waals surface area contributed by atoms with Gasteiger partial charge in [0, 0.05) is 6.20 Å². The molecule has 0 amide bonds. The van der Waals surface area contributed by atoms with Crippen LogP contribution in [0.3, 0.4) is 0 Å². The van der Waals surface area contributed by atoms with Gasteiger partial charge in [-0.3, -0.25) is 4.40 Å². The van der Waals surface area contributed by atoms with E-state index in [-0.39, 0.29) is 0 Å². The first-order valence-electron chi connectivity index (χ1n) is 3.60. The summed E-state index contributed by atoms with van der Waals surface area (Å²) in [6.07, 6.45) is 5.07. The SMILES string of the molecule is Cc1ccn2[c]c(C)nc2c1. The van der Waals surface area contributed by atoms with E-state index >= 15 is 0 Å². The van der Waals surface area contributed by atoms with Crippen LogP contribution in [-0.2, 0) is 0 Å². The Bertz CT molecular complexity index is 387. The van der Waals surface area contributed by atoms with Gasteiger partial charge in [-0.15, -0.1) is 0 Å². The summed E-state index contributed by atoms with van der Waals surface area (Å²) in [6, 6.07) is 4.09. The third kappa shape index (κ3) is 1.00. The molecule has 0 aromatic carbocycles. The Morgan fingerprint density at radius 1 is 1.45 bits per heavy atom. The predicted molar refractivity (Wildman–Crippen MR) is 43.5 cm³/mol. The van der Waals surface area contributed by atoms with Crippen molar-refractivity contribution in [3.05, 3.63) is 35.8 Å². The molecule has 2 heterocycles. The highest BCUT2D eigenvalue weighted by Gasteiger charge is 1.96. The molecule has 2 aromatic rings. The Hall–Kier alpha value is -1.31. The Balaban J connectivity index is 2.82. The van der Waals surface area contributed by atoms with Gasteiger partial charge in [-0.25, -0.2) is 4.98 Å². The third-order valence-corrected chi connectivity index (χ3v) is 1.65. The third-order valence-electron chi connectivity index (χ3n) is 1.65. The van der Waals surface area contributed by atoms with Gasteiger partial charge in [-0.2, -0.15) is 0 Å². The zero-order valence-corrected chi connectivity index (χ0v) is 6.63. The fraction of sp³-hybridized carbons (Fsp3) is 0.222. The first-order valence-corrected chi connectivity index (χ1v) is 3.60. The first-order chi connectivity index (χ1) is 5.25. The molecule has 0 atom stereocenters. The molecule has 0 saturated heterocycles. The number of rotatable bonds is 0. The first kappa shape index (κ1) is 6.40. The lowest BCUT2D eigenvalue weighted by Gasteiger charge is -1.92. The topological polar surface area (TPSA) is 17.3 Å². The van der Waals surface area contributed by atoms with E-state index in [9.17, 15) is 0 Å². The zero-order chi connectivity index (χ0) is 7.84. The second-order valence-electron chi connectivity index (χ2n) is 2.74. The number of aromatic nitrogens is 2. The van der Waals surface area contributed by atoms with E-state index in [0.717, 1.165) is 11.3 Å². The summed E-state index contributed by atoms with van der Waals surface area (Å²) in [5.74, 6) is 0. The lowest BCUT2D eigenvalue weighted by molar-refractivity contribution is 1.16. The van der Waals surface area contributed by atoms with Crippen LogP contribution >= 0.6 is 0 Å². The predicted octanol–water partition coefficient (Wildman–Crippen LogP) is 1.75. The van der Waals surface area contributed by atoms with Gasteiger partial charge >= 0.3 is 0 Å². The number of nitrogens with zero attached hydrogens (tertiary/aromatic N) is 2. The molecule has 2 rings (SSSR count). The van der Waals surface area contributed by atoms with E-state index in [2.05, 4.69) is 18.1 Å². The van der Waals surface area contributed by atoms with Crippen molar-refractivity contribution in [1.29, 1.82) is 0 Å². The number of aryl methyl sites for hydroxylation is 2. The van der Waals surface area contributed by atoms with Gasteiger partial charge in [0.2, 0.25) is 0 Å². The number of imidazole rings is 1. The van der Waals surface area contributed by atoms with Crippen molar-refractivity contribution >= 4 is 5.65 Å². The summed E-state index contributed by atoms with van der Waals surface area (Å²) in [6.45, 7) is 4.01. The standard InChI is InChI=1S/C9H9N2/c1-7-3-4-11-6-8(2)10-9(11)5-7/h3-5H,1-2H3. The summed E-state index contributed by atoms with van der Waals surface area (Å²) in [5, 5.41) is 0. The van der Waals surface area contributed by atoms with E-state index < -0.39 is 0 Å². The lowest BCUT2D eigenvalue weighted by atomic mass is 10.3. The van der Waals surface area contributed by atoms with Crippen molar-refractivity contribution in [3.8, 4) is 0 Å². The van der Waals surface area contributed by atoms with Crippen LogP contribution in [0.5, 0.6) is 0 Å². The summed E-state index contributed by atoms with van der Waals surface area (Å²) in [4.78, 5) is 4.28. The van der Waals surface area contributed by atoms with Gasteiger partial charge in [0.1, 0.15) is 5.65 Å². The molecule has 2 heteroatoms. The van der Waals surface area contributed by atoms with E-state index in [1.54, 1.807) is 0 Å². The maximum absolute atomic E-state index is 4.28. The smallest absolute Gasteiger partial charge is 0.137 e. The summed E-state index contributed by atoms with van der Waals surface area (Å²) < 4.78 is 1.91. The second kappa shape index (κ2) is 2.09. The molecule has 2 aromatic heterocycles. The van der Waals surface area contributed by atoms with Gasteiger partial charge in [0.05, 0.1) is 11.9 Å². The van der Waals surface area contributed by atoms with Crippen LogP contribution < -0.4 is 0 Å². The molecule has 0 aliphatic rings. The largest absolute Gasteiger partial charge is 0.298 e. The van der Waals surface area contributed by atoms with Crippen molar-refractivity contribution in [2.75, 3.05) is 0 Å². The molecule has 0 aliphatic heterocycles. The molecule has 2 nitrogen and oxygen atoms in total. The molecule has 0 unspecified atom stereocenters. The van der Waals surface area contributed by atoms with Gasteiger partial charge in [-0.05, 0) is 31.5 Å². The number of hydrogen-bond donors (Lipinski definition) is 0. The Kier molecular flexibility index (Phi) is 1.22. The quantitative estimate of drug-likeness (QED) is 0.552. The van der Waals surface area contributed by atoms with Crippen molar-refractivity contribution in [2.24, 2.45) is 0 Å². The summed E-state index contributed by atoms with van der Waals surface area (Å²) in [5.41, 5.74) is 3.15. The molecular formula is C9H9N2. The van der Waals surface area contributed by atoms with E-state index in [1.807, 2.05) is 29.7 Å². The fourth-order valence-corrected chi connectivity index (χ4v) is 1.14. The van der Waals surface area contributed by atoms with Crippen molar-refractivity contribution < 1.29 is 0 Å². The number of hydrogen-bond acceptors (Lipinski definition) is 1. The van der Waals surface area contributed by atoms with Crippen molar-refractivity contribution in [3.63, 3.8) is 0 Å². The monoisotopic (exact) mass is 145 g/mol. The minimum absolute atomic E-state index is 0.940. The zero-order valence-electron chi connectivity index (χ0n) is 6.63. The Labute approximate surface area is 65.5 Å². The second-order valence-corrected chi connectivity index (χ2v) is 2.74. The molecular weight excluding hydrogens is 136 g/mol. The molecule has 0 saturated carbocycles. The average Bonchev–Trinajstić information content (AvgIpc) is 2.27. The number of fused-ring (bicyclic) bond motifs is 1. The summed E-state index contributed by atoms with van der Waals surface area (Å²) in [7, 11) is 0. The molecule has 0 bridgehead atoms.